The Hall–Kier alpha value is -2.34. The maximum atomic E-state index is 12.5. The molecule has 0 bridgehead atoms. The Bertz CT molecular complexity index is 822. The number of rotatable bonds is 7. The summed E-state index contributed by atoms with van der Waals surface area (Å²) in [5.74, 6) is 1.35. The van der Waals surface area contributed by atoms with E-state index in [9.17, 15) is 4.79 Å². The van der Waals surface area contributed by atoms with Crippen LogP contribution < -0.4 is 4.74 Å². The number of pyridine rings is 1. The molecule has 0 saturated carbocycles. The predicted molar refractivity (Wildman–Crippen MR) is 106 cm³/mol. The maximum absolute atomic E-state index is 12.5. The zero-order valence-corrected chi connectivity index (χ0v) is 17.2. The van der Waals surface area contributed by atoms with Crippen LogP contribution in [0.25, 0.3) is 11.9 Å². The number of halogens is 1. The largest absolute Gasteiger partial charge is 0.493 e. The third-order valence-electron chi connectivity index (χ3n) is 3.61. The number of carbonyl (C=O) groups is 1. The fourth-order valence-electron chi connectivity index (χ4n) is 2.45. The van der Waals surface area contributed by atoms with Gasteiger partial charge in [0, 0.05) is 23.8 Å². The highest BCUT2D eigenvalue weighted by atomic mass is 35.5. The summed E-state index contributed by atoms with van der Waals surface area (Å²) >= 11 is 5.80. The molecule has 0 atom stereocenters. The number of esters is 1. The Morgan fingerprint density at radius 3 is 2.63 bits per heavy atom. The van der Waals surface area contributed by atoms with Crippen LogP contribution in [0.5, 0.6) is 5.75 Å². The normalized spacial score (nSPS) is 12.1. The Morgan fingerprint density at radius 2 is 2.07 bits per heavy atom. The molecule has 0 aliphatic rings. The average Bonchev–Trinajstić information content (AvgIpc) is 3.03. The second-order valence-electron chi connectivity index (χ2n) is 7.18. The molecule has 0 N–H and O–H groups in total. The number of aromatic nitrogens is 3. The molecular formula is C20H26ClN3O3. The molecule has 0 spiro atoms. The molecule has 2 aromatic rings. The van der Waals surface area contributed by atoms with Crippen molar-refractivity contribution in [2.24, 2.45) is 0 Å². The molecule has 0 amide bonds. The average molecular weight is 392 g/mol. The molecule has 0 aliphatic heterocycles. The van der Waals surface area contributed by atoms with Crippen molar-refractivity contribution in [3.8, 4) is 11.6 Å². The number of alkyl halides is 1. The first-order valence-corrected chi connectivity index (χ1v) is 9.32. The smallest absolute Gasteiger partial charge is 0.334 e. The van der Waals surface area contributed by atoms with Crippen molar-refractivity contribution in [3.05, 3.63) is 41.6 Å². The van der Waals surface area contributed by atoms with Gasteiger partial charge < -0.3 is 9.47 Å². The zero-order valence-electron chi connectivity index (χ0n) is 16.5. The van der Waals surface area contributed by atoms with E-state index in [1.165, 1.54) is 0 Å². The minimum absolute atomic E-state index is 0.346. The number of carbonyl (C=O) groups excluding carboxylic acids is 1. The Balaban J connectivity index is 2.36. The van der Waals surface area contributed by atoms with Gasteiger partial charge in [0.05, 0.1) is 12.8 Å². The number of methoxy groups -OCH3 is 1. The molecule has 2 rings (SSSR count). The molecule has 0 fully saturated rings. The summed E-state index contributed by atoms with van der Waals surface area (Å²) in [7, 11) is 1.58. The quantitative estimate of drug-likeness (QED) is 0.399. The lowest BCUT2D eigenvalue weighted by Crippen LogP contribution is -2.25. The second kappa shape index (κ2) is 9.04. The van der Waals surface area contributed by atoms with Gasteiger partial charge in [0.2, 0.25) is 0 Å². The van der Waals surface area contributed by atoms with Gasteiger partial charge in [0.1, 0.15) is 11.9 Å². The van der Waals surface area contributed by atoms with E-state index in [0.29, 0.717) is 35.9 Å². The van der Waals surface area contributed by atoms with Gasteiger partial charge in [-0.1, -0.05) is 0 Å². The van der Waals surface area contributed by atoms with Crippen LogP contribution in [0.1, 0.15) is 44.9 Å². The van der Waals surface area contributed by atoms with E-state index in [4.69, 9.17) is 21.1 Å². The van der Waals surface area contributed by atoms with Crippen LogP contribution in [0.3, 0.4) is 0 Å². The van der Waals surface area contributed by atoms with Gasteiger partial charge in [-0.15, -0.1) is 11.6 Å². The number of hydrogen-bond donors (Lipinski definition) is 0. The Morgan fingerprint density at radius 1 is 1.33 bits per heavy atom. The molecule has 0 aliphatic carbocycles. The van der Waals surface area contributed by atoms with Gasteiger partial charge >= 0.3 is 5.97 Å². The van der Waals surface area contributed by atoms with E-state index in [0.717, 1.165) is 11.3 Å². The molecule has 27 heavy (non-hydrogen) atoms. The van der Waals surface area contributed by atoms with Gasteiger partial charge in [-0.3, -0.25) is 4.57 Å². The standard InChI is InChI=1S/C20H26ClN3O3/c1-14-12-24(13-23-14)18-17(26-5)10-15(11-22-18)9-16(7-6-8-21)19(25)27-20(2,3)4/h9-13H,6-8H2,1-5H3/b16-9-. The van der Waals surface area contributed by atoms with E-state index < -0.39 is 5.60 Å². The minimum atomic E-state index is -0.559. The highest BCUT2D eigenvalue weighted by Gasteiger charge is 2.20. The van der Waals surface area contributed by atoms with Crippen molar-refractivity contribution >= 4 is 23.6 Å². The van der Waals surface area contributed by atoms with Crippen molar-refractivity contribution in [3.63, 3.8) is 0 Å². The topological polar surface area (TPSA) is 66.2 Å². The number of hydrogen-bond acceptors (Lipinski definition) is 5. The highest BCUT2D eigenvalue weighted by molar-refractivity contribution is 6.17. The fourth-order valence-corrected chi connectivity index (χ4v) is 2.58. The van der Waals surface area contributed by atoms with Gasteiger partial charge in [-0.25, -0.2) is 14.8 Å². The van der Waals surface area contributed by atoms with E-state index in [1.807, 2.05) is 40.0 Å². The van der Waals surface area contributed by atoms with Crippen LogP contribution in [-0.4, -0.2) is 39.1 Å². The summed E-state index contributed by atoms with van der Waals surface area (Å²) in [5.41, 5.74) is 1.63. The summed E-state index contributed by atoms with van der Waals surface area (Å²) in [4.78, 5) is 21.2. The summed E-state index contributed by atoms with van der Waals surface area (Å²) < 4.78 is 12.8. The van der Waals surface area contributed by atoms with E-state index >= 15 is 0 Å². The molecule has 0 saturated heterocycles. The SMILES string of the molecule is COc1cc(/C=C(/CCCCl)C(=O)OC(C)(C)C)cnc1-n1cnc(C)c1. The van der Waals surface area contributed by atoms with Gasteiger partial charge in [0.25, 0.3) is 0 Å². The zero-order chi connectivity index (χ0) is 20.0. The second-order valence-corrected chi connectivity index (χ2v) is 7.56. The molecule has 2 aromatic heterocycles. The lowest BCUT2D eigenvalue weighted by atomic mass is 10.1. The number of nitrogens with zero attached hydrogens (tertiary/aromatic N) is 3. The maximum Gasteiger partial charge on any atom is 0.334 e. The first-order valence-electron chi connectivity index (χ1n) is 8.78. The van der Waals surface area contributed by atoms with Crippen LogP contribution in [0, 0.1) is 6.92 Å². The summed E-state index contributed by atoms with van der Waals surface area (Å²) in [6.07, 6.45) is 8.24. The van der Waals surface area contributed by atoms with Gasteiger partial charge in [0.15, 0.2) is 11.6 Å². The first kappa shape index (κ1) is 21.0. The predicted octanol–water partition coefficient (Wildman–Crippen LogP) is 4.33. The summed E-state index contributed by atoms with van der Waals surface area (Å²) in [6, 6.07) is 1.84. The lowest BCUT2D eigenvalue weighted by molar-refractivity contribution is -0.149. The number of imidazole rings is 1. The fraction of sp³-hybridized carbons (Fsp3) is 0.450. The lowest BCUT2D eigenvalue weighted by Gasteiger charge is -2.20. The summed E-state index contributed by atoms with van der Waals surface area (Å²) in [5, 5.41) is 0. The third-order valence-corrected chi connectivity index (χ3v) is 3.88. The van der Waals surface area contributed by atoms with Gasteiger partial charge in [-0.2, -0.15) is 0 Å². The molecule has 6 nitrogen and oxygen atoms in total. The molecule has 7 heteroatoms. The highest BCUT2D eigenvalue weighted by Crippen LogP contribution is 2.24. The van der Waals surface area contributed by atoms with Gasteiger partial charge in [-0.05, 0) is 58.2 Å². The summed E-state index contributed by atoms with van der Waals surface area (Å²) in [6.45, 7) is 7.44. The van der Waals surface area contributed by atoms with Crippen molar-refractivity contribution in [2.75, 3.05) is 13.0 Å². The number of ether oxygens (including phenoxy) is 2. The molecule has 2 heterocycles. The molecule has 146 valence electrons. The van der Waals surface area contributed by atoms with E-state index in [-0.39, 0.29) is 5.97 Å². The van der Waals surface area contributed by atoms with Crippen LogP contribution in [0.15, 0.2) is 30.4 Å². The van der Waals surface area contributed by atoms with Crippen LogP contribution in [0.4, 0.5) is 0 Å². The van der Waals surface area contributed by atoms with Crippen LogP contribution in [0.2, 0.25) is 0 Å². The van der Waals surface area contributed by atoms with E-state index in [1.54, 1.807) is 30.3 Å². The monoisotopic (exact) mass is 391 g/mol. The van der Waals surface area contributed by atoms with Crippen molar-refractivity contribution in [2.45, 2.75) is 46.1 Å². The molecule has 0 aromatic carbocycles. The van der Waals surface area contributed by atoms with Crippen molar-refractivity contribution in [1.29, 1.82) is 0 Å². The number of aryl methyl sites for hydroxylation is 1. The molecule has 0 unspecified atom stereocenters. The molecule has 0 radical (unpaired) electrons. The Kier molecular flexibility index (Phi) is 7.02. The van der Waals surface area contributed by atoms with E-state index in [2.05, 4.69) is 9.97 Å². The minimum Gasteiger partial charge on any atom is -0.493 e. The molecular weight excluding hydrogens is 366 g/mol. The van der Waals surface area contributed by atoms with Crippen molar-refractivity contribution < 1.29 is 14.3 Å². The van der Waals surface area contributed by atoms with Crippen LogP contribution >= 0.6 is 11.6 Å². The third kappa shape index (κ3) is 6.10. The van der Waals surface area contributed by atoms with Crippen LogP contribution in [-0.2, 0) is 9.53 Å². The Labute approximate surface area is 165 Å². The first-order chi connectivity index (χ1) is 12.7. The van der Waals surface area contributed by atoms with Crippen molar-refractivity contribution in [1.82, 2.24) is 14.5 Å².